The number of hydrogen-bond acceptors (Lipinski definition) is 4. The first kappa shape index (κ1) is 17.5. The molecule has 1 heterocycles. The SMILES string of the molecule is Cc1cc(C(O)CCNS(=O)(=O)/C=C/c2ccccc2)c(C)o1. The van der Waals surface area contributed by atoms with Crippen molar-refractivity contribution in [3.8, 4) is 0 Å². The van der Waals surface area contributed by atoms with Crippen LogP contribution in [0.4, 0.5) is 0 Å². The summed E-state index contributed by atoms with van der Waals surface area (Å²) in [5.74, 6) is 1.38. The number of sulfonamides is 1. The molecule has 1 aromatic heterocycles. The molecule has 1 unspecified atom stereocenters. The summed E-state index contributed by atoms with van der Waals surface area (Å²) in [5.41, 5.74) is 1.50. The van der Waals surface area contributed by atoms with Gasteiger partial charge in [-0.15, -0.1) is 0 Å². The van der Waals surface area contributed by atoms with Crippen molar-refractivity contribution < 1.29 is 17.9 Å². The Morgan fingerprint density at radius 2 is 1.96 bits per heavy atom. The van der Waals surface area contributed by atoms with Gasteiger partial charge in [0.15, 0.2) is 0 Å². The van der Waals surface area contributed by atoms with Gasteiger partial charge in [0.2, 0.25) is 10.0 Å². The zero-order valence-electron chi connectivity index (χ0n) is 13.2. The molecule has 0 amide bonds. The van der Waals surface area contributed by atoms with Crippen LogP contribution in [0.5, 0.6) is 0 Å². The van der Waals surface area contributed by atoms with E-state index in [1.165, 1.54) is 6.08 Å². The molecule has 0 radical (unpaired) electrons. The summed E-state index contributed by atoms with van der Waals surface area (Å²) in [4.78, 5) is 0. The van der Waals surface area contributed by atoms with Gasteiger partial charge in [-0.2, -0.15) is 0 Å². The van der Waals surface area contributed by atoms with Crippen molar-refractivity contribution in [3.05, 3.63) is 64.5 Å². The fourth-order valence-electron chi connectivity index (χ4n) is 2.26. The Labute approximate surface area is 136 Å². The van der Waals surface area contributed by atoms with E-state index in [9.17, 15) is 13.5 Å². The first-order chi connectivity index (χ1) is 10.9. The van der Waals surface area contributed by atoms with Crippen LogP contribution >= 0.6 is 0 Å². The molecule has 2 N–H and O–H groups in total. The lowest BCUT2D eigenvalue weighted by Gasteiger charge is -2.09. The molecule has 0 fully saturated rings. The smallest absolute Gasteiger partial charge is 0.233 e. The molecule has 124 valence electrons. The maximum atomic E-state index is 11.9. The van der Waals surface area contributed by atoms with Gasteiger partial charge in [0.25, 0.3) is 0 Å². The average molecular weight is 335 g/mol. The van der Waals surface area contributed by atoms with Crippen LogP contribution in [0, 0.1) is 13.8 Å². The molecule has 2 rings (SSSR count). The van der Waals surface area contributed by atoms with E-state index >= 15 is 0 Å². The number of hydrogen-bond donors (Lipinski definition) is 2. The Bertz CT molecular complexity index is 763. The monoisotopic (exact) mass is 335 g/mol. The maximum Gasteiger partial charge on any atom is 0.233 e. The van der Waals surface area contributed by atoms with Crippen LogP contribution in [0.15, 0.2) is 46.2 Å². The standard InChI is InChI=1S/C17H21NO4S/c1-13-12-16(14(2)22-13)17(19)8-10-18-23(20,21)11-9-15-6-4-3-5-7-15/h3-7,9,11-12,17-19H,8,10H2,1-2H3/b11-9+. The van der Waals surface area contributed by atoms with E-state index < -0.39 is 16.1 Å². The van der Waals surface area contributed by atoms with Gasteiger partial charge in [-0.3, -0.25) is 0 Å². The summed E-state index contributed by atoms with van der Waals surface area (Å²) >= 11 is 0. The number of benzene rings is 1. The number of rotatable bonds is 7. The molecule has 6 heteroatoms. The second kappa shape index (κ2) is 7.59. The van der Waals surface area contributed by atoms with Crippen molar-refractivity contribution in [2.75, 3.05) is 6.54 Å². The van der Waals surface area contributed by atoms with Crippen molar-refractivity contribution in [1.29, 1.82) is 0 Å². The van der Waals surface area contributed by atoms with Crippen LogP contribution < -0.4 is 4.72 Å². The number of aliphatic hydroxyl groups excluding tert-OH is 1. The van der Waals surface area contributed by atoms with Crippen LogP contribution in [0.25, 0.3) is 6.08 Å². The Kier molecular flexibility index (Phi) is 5.76. The Morgan fingerprint density at radius 1 is 1.26 bits per heavy atom. The van der Waals surface area contributed by atoms with Crippen LogP contribution in [-0.2, 0) is 10.0 Å². The van der Waals surface area contributed by atoms with Gasteiger partial charge in [0.1, 0.15) is 11.5 Å². The molecule has 0 aliphatic rings. The van der Waals surface area contributed by atoms with Gasteiger partial charge in [0.05, 0.1) is 6.10 Å². The number of aliphatic hydroxyl groups is 1. The maximum absolute atomic E-state index is 11.9. The number of nitrogens with one attached hydrogen (secondary N) is 1. The highest BCUT2D eigenvalue weighted by molar-refractivity contribution is 7.92. The van der Waals surface area contributed by atoms with E-state index in [4.69, 9.17) is 4.42 Å². The van der Waals surface area contributed by atoms with Crippen LogP contribution in [-0.4, -0.2) is 20.1 Å². The Hall–Kier alpha value is -1.89. The molecule has 5 nitrogen and oxygen atoms in total. The van der Waals surface area contributed by atoms with Crippen LogP contribution in [0.1, 0.15) is 35.2 Å². The lowest BCUT2D eigenvalue weighted by molar-refractivity contribution is 0.167. The molecule has 0 spiro atoms. The Balaban J connectivity index is 1.87. The molecule has 23 heavy (non-hydrogen) atoms. The predicted octanol–water partition coefficient (Wildman–Crippen LogP) is 2.91. The third-order valence-electron chi connectivity index (χ3n) is 3.40. The fourth-order valence-corrected chi connectivity index (χ4v) is 3.09. The molecule has 0 saturated heterocycles. The molecule has 1 atom stereocenters. The fraction of sp³-hybridized carbons (Fsp3) is 0.294. The van der Waals surface area contributed by atoms with E-state index in [1.807, 2.05) is 30.3 Å². The van der Waals surface area contributed by atoms with Gasteiger partial charge in [-0.1, -0.05) is 30.3 Å². The van der Waals surface area contributed by atoms with E-state index in [2.05, 4.69) is 4.72 Å². The summed E-state index contributed by atoms with van der Waals surface area (Å²) < 4.78 is 31.6. The zero-order valence-corrected chi connectivity index (χ0v) is 14.0. The normalized spacial score (nSPS) is 13.5. The van der Waals surface area contributed by atoms with Crippen molar-refractivity contribution in [3.63, 3.8) is 0 Å². The second-order valence-corrected chi connectivity index (χ2v) is 6.98. The highest BCUT2D eigenvalue weighted by Gasteiger charge is 2.15. The van der Waals surface area contributed by atoms with Crippen molar-refractivity contribution in [2.24, 2.45) is 0 Å². The quantitative estimate of drug-likeness (QED) is 0.815. The lowest BCUT2D eigenvalue weighted by Crippen LogP contribution is -2.23. The minimum Gasteiger partial charge on any atom is -0.466 e. The average Bonchev–Trinajstić information content (AvgIpc) is 2.85. The van der Waals surface area contributed by atoms with Gasteiger partial charge < -0.3 is 9.52 Å². The molecule has 0 aliphatic heterocycles. The van der Waals surface area contributed by atoms with E-state index in [1.54, 1.807) is 19.9 Å². The van der Waals surface area contributed by atoms with Crippen LogP contribution in [0.3, 0.4) is 0 Å². The van der Waals surface area contributed by atoms with Gasteiger partial charge in [0, 0.05) is 17.5 Å². The van der Waals surface area contributed by atoms with Crippen LogP contribution in [0.2, 0.25) is 0 Å². The minimum absolute atomic E-state index is 0.145. The molecule has 1 aromatic carbocycles. The summed E-state index contributed by atoms with van der Waals surface area (Å²) in [6, 6.07) is 10.9. The van der Waals surface area contributed by atoms with Crippen molar-refractivity contribution in [2.45, 2.75) is 26.4 Å². The largest absolute Gasteiger partial charge is 0.466 e. The van der Waals surface area contributed by atoms with E-state index in [-0.39, 0.29) is 13.0 Å². The van der Waals surface area contributed by atoms with E-state index in [0.717, 1.165) is 16.7 Å². The summed E-state index contributed by atoms with van der Waals surface area (Å²) in [7, 11) is -3.53. The second-order valence-electron chi connectivity index (χ2n) is 5.33. The third kappa shape index (κ3) is 5.35. The first-order valence-electron chi connectivity index (χ1n) is 7.35. The topological polar surface area (TPSA) is 79.5 Å². The number of furan rings is 1. The summed E-state index contributed by atoms with van der Waals surface area (Å²) in [5, 5.41) is 11.2. The molecule has 0 saturated carbocycles. The summed E-state index contributed by atoms with van der Waals surface area (Å²) in [6.45, 7) is 3.73. The highest BCUT2D eigenvalue weighted by atomic mass is 32.2. The predicted molar refractivity (Wildman–Crippen MR) is 90.2 cm³/mol. The number of aryl methyl sites for hydroxylation is 2. The molecular formula is C17H21NO4S. The van der Waals surface area contributed by atoms with Gasteiger partial charge in [-0.25, -0.2) is 13.1 Å². The van der Waals surface area contributed by atoms with Gasteiger partial charge >= 0.3 is 0 Å². The summed E-state index contributed by atoms with van der Waals surface area (Å²) in [6.07, 6.45) is 1.05. The van der Waals surface area contributed by atoms with Crippen molar-refractivity contribution >= 4 is 16.1 Å². The molecular weight excluding hydrogens is 314 g/mol. The Morgan fingerprint density at radius 3 is 2.57 bits per heavy atom. The van der Waals surface area contributed by atoms with Gasteiger partial charge in [-0.05, 0) is 38.0 Å². The highest BCUT2D eigenvalue weighted by Crippen LogP contribution is 2.23. The lowest BCUT2D eigenvalue weighted by atomic mass is 10.1. The molecule has 0 aliphatic carbocycles. The minimum atomic E-state index is -3.53. The zero-order chi connectivity index (χ0) is 16.9. The molecule has 0 bridgehead atoms. The molecule has 2 aromatic rings. The first-order valence-corrected chi connectivity index (χ1v) is 8.90. The third-order valence-corrected chi connectivity index (χ3v) is 4.50. The van der Waals surface area contributed by atoms with Crippen molar-refractivity contribution in [1.82, 2.24) is 4.72 Å². The van der Waals surface area contributed by atoms with E-state index in [0.29, 0.717) is 11.3 Å².